The Bertz CT molecular complexity index is 537. The maximum absolute atomic E-state index is 11.2. The van der Waals surface area contributed by atoms with Crippen molar-refractivity contribution in [3.05, 3.63) is 23.8 Å². The molecule has 1 unspecified atom stereocenters. The fraction of sp³-hybridized carbons (Fsp3) is 0.273. The molecule has 8 heteroatoms. The van der Waals surface area contributed by atoms with Crippen LogP contribution >= 0.6 is 12.4 Å². The number of amides is 2. The molecule has 0 fully saturated rings. The van der Waals surface area contributed by atoms with Gasteiger partial charge in [-0.25, -0.2) is 0 Å². The van der Waals surface area contributed by atoms with E-state index in [9.17, 15) is 14.7 Å². The highest BCUT2D eigenvalue weighted by Gasteiger charge is 2.42. The third-order valence-corrected chi connectivity index (χ3v) is 2.77. The number of ether oxygens (including phenoxy) is 1. The number of likely N-dealkylation sites (N-methyl/N-ethyl adjacent to an activating group) is 1. The lowest BCUT2D eigenvalue weighted by Gasteiger charge is -2.37. The lowest BCUT2D eigenvalue weighted by atomic mass is 10.1. The molecule has 5 N–H and O–H groups in total. The highest BCUT2D eigenvalue weighted by atomic mass is 35.5. The molecule has 2 amide bonds. The number of carbonyl (C=O) groups is 2. The molecular weight excluding hydrogens is 274 g/mol. The number of carbonyl (C=O) groups excluding carboxylic acids is 2. The average Bonchev–Trinajstić information content (AvgIpc) is 2.28. The summed E-state index contributed by atoms with van der Waals surface area (Å²) in [6, 6.07) is 4.43. The SMILES string of the molecule is CN1CC(O)(C(N)=O)Oc2ccc(C(N)=O)cc21.Cl. The minimum Gasteiger partial charge on any atom is -0.449 e. The summed E-state index contributed by atoms with van der Waals surface area (Å²) in [5.41, 5.74) is 11.1. The Balaban J connectivity index is 0.00000180. The van der Waals surface area contributed by atoms with E-state index in [2.05, 4.69) is 0 Å². The zero-order valence-electron chi connectivity index (χ0n) is 10.1. The van der Waals surface area contributed by atoms with Crippen molar-refractivity contribution in [3.8, 4) is 5.75 Å². The third-order valence-electron chi connectivity index (χ3n) is 2.77. The van der Waals surface area contributed by atoms with Crippen molar-refractivity contribution in [2.75, 3.05) is 18.5 Å². The number of anilines is 1. The van der Waals surface area contributed by atoms with Crippen LogP contribution in [0.4, 0.5) is 5.69 Å². The number of halogens is 1. The van der Waals surface area contributed by atoms with Gasteiger partial charge in [-0.1, -0.05) is 0 Å². The molecule has 1 aliphatic rings. The smallest absolute Gasteiger partial charge is 0.306 e. The molecule has 0 radical (unpaired) electrons. The van der Waals surface area contributed by atoms with E-state index in [4.69, 9.17) is 16.2 Å². The molecule has 1 atom stereocenters. The van der Waals surface area contributed by atoms with Crippen LogP contribution in [0.15, 0.2) is 18.2 Å². The minimum atomic E-state index is -2.07. The van der Waals surface area contributed by atoms with Crippen LogP contribution in [-0.4, -0.2) is 36.3 Å². The monoisotopic (exact) mass is 287 g/mol. The van der Waals surface area contributed by atoms with Gasteiger partial charge in [-0.15, -0.1) is 12.4 Å². The zero-order valence-corrected chi connectivity index (χ0v) is 10.9. The summed E-state index contributed by atoms with van der Waals surface area (Å²) in [5, 5.41) is 9.91. The molecule has 0 aliphatic carbocycles. The predicted molar refractivity (Wildman–Crippen MR) is 70.3 cm³/mol. The van der Waals surface area contributed by atoms with Gasteiger partial charge in [0.2, 0.25) is 5.91 Å². The van der Waals surface area contributed by atoms with Crippen molar-refractivity contribution in [1.29, 1.82) is 0 Å². The van der Waals surface area contributed by atoms with Crippen LogP contribution in [0.3, 0.4) is 0 Å². The molecule has 0 saturated heterocycles. The first-order valence-corrected chi connectivity index (χ1v) is 5.20. The first kappa shape index (κ1) is 15.1. The van der Waals surface area contributed by atoms with Crippen LogP contribution in [0.25, 0.3) is 0 Å². The molecule has 104 valence electrons. The van der Waals surface area contributed by atoms with Gasteiger partial charge in [0.1, 0.15) is 5.75 Å². The number of benzene rings is 1. The first-order chi connectivity index (χ1) is 8.33. The molecule has 0 spiro atoms. The van der Waals surface area contributed by atoms with E-state index in [0.717, 1.165) is 0 Å². The summed E-state index contributed by atoms with van der Waals surface area (Å²) in [6.07, 6.45) is 0. The fourth-order valence-electron chi connectivity index (χ4n) is 1.80. The van der Waals surface area contributed by atoms with Gasteiger partial charge in [0.25, 0.3) is 5.91 Å². The van der Waals surface area contributed by atoms with Gasteiger partial charge < -0.3 is 26.2 Å². The molecule has 1 aromatic carbocycles. The molecule has 0 saturated carbocycles. The minimum absolute atomic E-state index is 0. The van der Waals surface area contributed by atoms with Crippen LogP contribution in [0.5, 0.6) is 5.75 Å². The molecule has 1 heterocycles. The third kappa shape index (κ3) is 2.56. The number of hydrogen-bond acceptors (Lipinski definition) is 5. The molecule has 1 aromatic rings. The Hall–Kier alpha value is -1.99. The quantitative estimate of drug-likeness (QED) is 0.658. The number of β-amino-alcohol motifs (C(OH)–C–C–N with tert-alkyl or cyclic N) is 1. The van der Waals surface area contributed by atoms with Gasteiger partial charge in [0.05, 0.1) is 12.2 Å². The van der Waals surface area contributed by atoms with Crippen molar-refractivity contribution >= 4 is 29.9 Å². The molecular formula is C11H14ClN3O4. The molecule has 7 nitrogen and oxygen atoms in total. The highest BCUT2D eigenvalue weighted by molar-refractivity contribution is 5.94. The number of aliphatic hydroxyl groups is 1. The molecule has 19 heavy (non-hydrogen) atoms. The number of nitrogens with two attached hydrogens (primary N) is 2. The van der Waals surface area contributed by atoms with Gasteiger partial charge in [0.15, 0.2) is 0 Å². The van der Waals surface area contributed by atoms with E-state index in [1.165, 1.54) is 18.2 Å². The summed E-state index contributed by atoms with van der Waals surface area (Å²) >= 11 is 0. The highest BCUT2D eigenvalue weighted by Crippen LogP contribution is 2.35. The van der Waals surface area contributed by atoms with Gasteiger partial charge in [-0.2, -0.15) is 0 Å². The number of rotatable bonds is 2. The van der Waals surface area contributed by atoms with E-state index >= 15 is 0 Å². The number of fused-ring (bicyclic) bond motifs is 1. The average molecular weight is 288 g/mol. The van der Waals surface area contributed by atoms with Crippen molar-refractivity contribution in [2.24, 2.45) is 11.5 Å². The van der Waals surface area contributed by atoms with Gasteiger partial charge in [-0.05, 0) is 18.2 Å². The standard InChI is InChI=1S/C11H13N3O4.ClH/c1-14-5-11(17,10(13)16)18-8-3-2-6(9(12)15)4-7(8)14;/h2-4,17H,5H2,1H3,(H2,12,15)(H2,13,16);1H. The van der Waals surface area contributed by atoms with Crippen LogP contribution in [-0.2, 0) is 4.79 Å². The Kier molecular flexibility index (Phi) is 3.92. The van der Waals surface area contributed by atoms with Crippen molar-refractivity contribution in [3.63, 3.8) is 0 Å². The summed E-state index contributed by atoms with van der Waals surface area (Å²) in [4.78, 5) is 23.8. The van der Waals surface area contributed by atoms with Gasteiger partial charge >= 0.3 is 5.79 Å². The lowest BCUT2D eigenvalue weighted by molar-refractivity contribution is -0.170. The Labute approximate surface area is 115 Å². The normalized spacial score (nSPS) is 20.8. The van der Waals surface area contributed by atoms with Crippen LogP contribution < -0.4 is 21.1 Å². The van der Waals surface area contributed by atoms with E-state index in [-0.39, 0.29) is 24.7 Å². The summed E-state index contributed by atoms with van der Waals surface area (Å²) < 4.78 is 5.17. The van der Waals surface area contributed by atoms with Gasteiger partial charge in [-0.3, -0.25) is 9.59 Å². The maximum Gasteiger partial charge on any atom is 0.306 e. The van der Waals surface area contributed by atoms with Crippen LogP contribution in [0.1, 0.15) is 10.4 Å². The number of nitrogens with zero attached hydrogens (tertiary/aromatic N) is 1. The fourth-order valence-corrected chi connectivity index (χ4v) is 1.80. The Morgan fingerprint density at radius 3 is 2.58 bits per heavy atom. The van der Waals surface area contributed by atoms with E-state index in [0.29, 0.717) is 11.3 Å². The van der Waals surface area contributed by atoms with E-state index in [1.54, 1.807) is 11.9 Å². The number of hydrogen-bond donors (Lipinski definition) is 3. The Morgan fingerprint density at radius 1 is 1.42 bits per heavy atom. The van der Waals surface area contributed by atoms with Crippen LogP contribution in [0, 0.1) is 0 Å². The van der Waals surface area contributed by atoms with E-state index < -0.39 is 17.6 Å². The van der Waals surface area contributed by atoms with Gasteiger partial charge in [0, 0.05) is 12.6 Å². The van der Waals surface area contributed by atoms with Crippen molar-refractivity contribution in [2.45, 2.75) is 5.79 Å². The zero-order chi connectivity index (χ0) is 13.5. The maximum atomic E-state index is 11.2. The largest absolute Gasteiger partial charge is 0.449 e. The van der Waals surface area contributed by atoms with Crippen molar-refractivity contribution < 1.29 is 19.4 Å². The number of primary amides is 2. The lowest BCUT2D eigenvalue weighted by Crippen LogP contribution is -2.58. The summed E-state index contributed by atoms with van der Waals surface area (Å²) in [5.74, 6) is -3.35. The topological polar surface area (TPSA) is 119 Å². The summed E-state index contributed by atoms with van der Waals surface area (Å²) in [7, 11) is 1.64. The predicted octanol–water partition coefficient (Wildman–Crippen LogP) is -0.790. The molecule has 0 bridgehead atoms. The van der Waals surface area contributed by atoms with E-state index in [1.807, 2.05) is 0 Å². The molecule has 0 aromatic heterocycles. The second-order valence-electron chi connectivity index (χ2n) is 4.15. The Morgan fingerprint density at radius 2 is 2.05 bits per heavy atom. The first-order valence-electron chi connectivity index (χ1n) is 5.20. The second-order valence-corrected chi connectivity index (χ2v) is 4.15. The van der Waals surface area contributed by atoms with Crippen LogP contribution in [0.2, 0.25) is 0 Å². The van der Waals surface area contributed by atoms with Crippen molar-refractivity contribution in [1.82, 2.24) is 0 Å². The molecule has 1 aliphatic heterocycles. The summed E-state index contributed by atoms with van der Waals surface area (Å²) in [6.45, 7) is -0.127. The second kappa shape index (κ2) is 4.94. The molecule has 2 rings (SSSR count).